The van der Waals surface area contributed by atoms with Gasteiger partial charge in [0.25, 0.3) is 0 Å². The number of aliphatic hydroxyl groups is 1. The molecule has 30 heavy (non-hydrogen) atoms. The van der Waals surface area contributed by atoms with Crippen molar-refractivity contribution in [1.82, 2.24) is 0 Å². The van der Waals surface area contributed by atoms with Crippen LogP contribution in [0.25, 0.3) is 0 Å². The highest BCUT2D eigenvalue weighted by Crippen LogP contribution is 2.70. The zero-order chi connectivity index (χ0) is 20.9. The molecule has 0 aromatic carbocycles. The van der Waals surface area contributed by atoms with Crippen LogP contribution >= 0.6 is 0 Å². The molecule has 0 amide bonds. The van der Waals surface area contributed by atoms with Crippen molar-refractivity contribution in [2.45, 2.75) is 103 Å². The fourth-order valence-electron chi connectivity index (χ4n) is 9.66. The average molecular weight is 415 g/mol. The van der Waals surface area contributed by atoms with Gasteiger partial charge in [-0.1, -0.05) is 39.3 Å². The Morgan fingerprint density at radius 3 is 2.63 bits per heavy atom. The number of hydrogen-bond acceptors (Lipinski definition) is 3. The highest BCUT2D eigenvalue weighted by molar-refractivity contribution is 5.26. The van der Waals surface area contributed by atoms with Crippen LogP contribution in [0.5, 0.6) is 0 Å². The van der Waals surface area contributed by atoms with Crippen LogP contribution in [0.4, 0.5) is 0 Å². The van der Waals surface area contributed by atoms with E-state index in [0.29, 0.717) is 34.7 Å². The van der Waals surface area contributed by atoms with Crippen LogP contribution in [-0.2, 0) is 9.47 Å². The Bertz CT molecular complexity index is 736. The van der Waals surface area contributed by atoms with Crippen molar-refractivity contribution in [3.63, 3.8) is 0 Å². The van der Waals surface area contributed by atoms with Crippen molar-refractivity contribution in [3.8, 4) is 0 Å². The van der Waals surface area contributed by atoms with E-state index in [4.69, 9.17) is 9.47 Å². The molecule has 168 valence electrons. The molecule has 2 heterocycles. The van der Waals surface area contributed by atoms with Crippen molar-refractivity contribution in [2.75, 3.05) is 6.61 Å². The molecule has 4 aliphatic carbocycles. The van der Waals surface area contributed by atoms with Gasteiger partial charge in [0.05, 0.1) is 18.8 Å². The van der Waals surface area contributed by atoms with Crippen LogP contribution < -0.4 is 0 Å². The molecule has 2 unspecified atom stereocenters. The standard InChI is InChI=1S/C27H42O3/c1-16-7-12-27(29-15-16)17(2)24-23(30-27)14-22-20-6-5-18-13-19(28)8-10-25(18,3)21(20)9-11-26(22,24)4/h5,16-17,19-24,28H,6-15H2,1-4H3/t16-,17+,19+,20-,21+,22+,23+,24?,25+,26+,27?/m1/s1. The number of aliphatic hydroxyl groups excluding tert-OH is 1. The van der Waals surface area contributed by atoms with Gasteiger partial charge in [0, 0.05) is 12.3 Å². The Morgan fingerprint density at radius 1 is 1.03 bits per heavy atom. The summed E-state index contributed by atoms with van der Waals surface area (Å²) in [6.45, 7) is 10.8. The van der Waals surface area contributed by atoms with Crippen molar-refractivity contribution in [3.05, 3.63) is 11.6 Å². The summed E-state index contributed by atoms with van der Waals surface area (Å²) < 4.78 is 13.3. The predicted molar refractivity (Wildman–Crippen MR) is 118 cm³/mol. The molecule has 2 aliphatic heterocycles. The van der Waals surface area contributed by atoms with Crippen LogP contribution in [0.2, 0.25) is 0 Å². The highest BCUT2D eigenvalue weighted by Gasteiger charge is 2.68. The Hall–Kier alpha value is -0.380. The summed E-state index contributed by atoms with van der Waals surface area (Å²) in [5.74, 6) is 3.94. The van der Waals surface area contributed by atoms with Crippen molar-refractivity contribution < 1.29 is 14.6 Å². The van der Waals surface area contributed by atoms with E-state index in [-0.39, 0.29) is 11.9 Å². The second-order valence-electron chi connectivity index (χ2n) is 12.7. The van der Waals surface area contributed by atoms with Gasteiger partial charge in [0.15, 0.2) is 5.79 Å². The molecule has 1 spiro atoms. The number of fused-ring (bicyclic) bond motifs is 7. The molecule has 3 nitrogen and oxygen atoms in total. The topological polar surface area (TPSA) is 38.7 Å². The summed E-state index contributed by atoms with van der Waals surface area (Å²) >= 11 is 0. The van der Waals surface area contributed by atoms with Gasteiger partial charge >= 0.3 is 0 Å². The maximum atomic E-state index is 10.3. The van der Waals surface area contributed by atoms with E-state index in [2.05, 4.69) is 33.8 Å². The van der Waals surface area contributed by atoms with Crippen LogP contribution in [0.3, 0.4) is 0 Å². The van der Waals surface area contributed by atoms with E-state index in [1.807, 2.05) is 0 Å². The molecule has 0 radical (unpaired) electrons. The number of rotatable bonds is 0. The van der Waals surface area contributed by atoms with Crippen LogP contribution in [0.15, 0.2) is 11.6 Å². The van der Waals surface area contributed by atoms with Gasteiger partial charge in [0.2, 0.25) is 0 Å². The first-order valence-electron chi connectivity index (χ1n) is 13.0. The summed E-state index contributed by atoms with van der Waals surface area (Å²) in [7, 11) is 0. The molecule has 2 saturated heterocycles. The fourth-order valence-corrected chi connectivity index (χ4v) is 9.66. The molecular weight excluding hydrogens is 372 g/mol. The highest BCUT2D eigenvalue weighted by atomic mass is 16.7. The van der Waals surface area contributed by atoms with Crippen molar-refractivity contribution in [2.24, 2.45) is 46.3 Å². The van der Waals surface area contributed by atoms with Crippen LogP contribution in [0, 0.1) is 46.3 Å². The van der Waals surface area contributed by atoms with Gasteiger partial charge in [-0.05, 0) is 91.8 Å². The summed E-state index contributed by atoms with van der Waals surface area (Å²) in [4.78, 5) is 0. The molecule has 3 saturated carbocycles. The van der Waals surface area contributed by atoms with Crippen molar-refractivity contribution >= 4 is 0 Å². The first-order chi connectivity index (χ1) is 14.3. The number of hydrogen-bond donors (Lipinski definition) is 1. The molecule has 0 bridgehead atoms. The molecule has 5 fully saturated rings. The fraction of sp³-hybridized carbons (Fsp3) is 0.926. The monoisotopic (exact) mass is 414 g/mol. The first-order valence-corrected chi connectivity index (χ1v) is 13.0. The van der Waals surface area contributed by atoms with Crippen molar-refractivity contribution in [1.29, 1.82) is 0 Å². The largest absolute Gasteiger partial charge is 0.393 e. The van der Waals surface area contributed by atoms with Crippen LogP contribution in [0.1, 0.15) is 85.5 Å². The molecule has 6 aliphatic rings. The minimum absolute atomic E-state index is 0.107. The van der Waals surface area contributed by atoms with Gasteiger partial charge in [0.1, 0.15) is 0 Å². The third-order valence-electron chi connectivity index (χ3n) is 11.3. The number of allylic oxidation sites excluding steroid dienone is 1. The predicted octanol–water partition coefficient (Wildman–Crippen LogP) is 5.71. The minimum Gasteiger partial charge on any atom is -0.393 e. The Morgan fingerprint density at radius 2 is 1.87 bits per heavy atom. The smallest absolute Gasteiger partial charge is 0.171 e. The van der Waals surface area contributed by atoms with Gasteiger partial charge in [-0.3, -0.25) is 0 Å². The second-order valence-corrected chi connectivity index (χ2v) is 12.7. The van der Waals surface area contributed by atoms with Gasteiger partial charge in [-0.25, -0.2) is 0 Å². The molecule has 6 rings (SSSR count). The maximum absolute atomic E-state index is 10.3. The normalized spacial score (nSPS) is 59.8. The van der Waals surface area contributed by atoms with E-state index in [9.17, 15) is 5.11 Å². The summed E-state index contributed by atoms with van der Waals surface area (Å²) in [6, 6.07) is 0. The SMILES string of the molecule is C[C@@H]1CCC2(OC1)O[C@H]1C[C@H]3[C@@H]4CC=C5C[C@@H](O)CC[C@]5(C)[C@H]4CC[C@]3(C)C1[C@@H]2C. The lowest BCUT2D eigenvalue weighted by Gasteiger charge is -2.58. The minimum atomic E-state index is -0.294. The lowest BCUT2D eigenvalue weighted by Crippen LogP contribution is -2.52. The van der Waals surface area contributed by atoms with Gasteiger partial charge in [-0.15, -0.1) is 0 Å². The molecule has 1 N–H and O–H groups in total. The van der Waals surface area contributed by atoms with E-state index in [0.717, 1.165) is 43.6 Å². The molecule has 0 aromatic heterocycles. The van der Waals surface area contributed by atoms with E-state index >= 15 is 0 Å². The summed E-state index contributed by atoms with van der Waals surface area (Å²) in [6.07, 6.45) is 13.5. The third-order valence-corrected chi connectivity index (χ3v) is 11.3. The lowest BCUT2D eigenvalue weighted by molar-refractivity contribution is -0.272. The number of ether oxygens (including phenoxy) is 2. The van der Waals surface area contributed by atoms with E-state index < -0.39 is 0 Å². The molecule has 0 aromatic rings. The summed E-state index contributed by atoms with van der Waals surface area (Å²) in [5, 5.41) is 10.3. The first kappa shape index (κ1) is 20.2. The molecular formula is C27H42O3. The quantitative estimate of drug-likeness (QED) is 0.516. The average Bonchev–Trinajstić information content (AvgIpc) is 3.16. The Balaban J connectivity index is 1.28. The van der Waals surface area contributed by atoms with Crippen LogP contribution in [-0.4, -0.2) is 29.7 Å². The Labute approximate surface area is 183 Å². The Kier molecular flexibility index (Phi) is 4.44. The second kappa shape index (κ2) is 6.58. The maximum Gasteiger partial charge on any atom is 0.171 e. The van der Waals surface area contributed by atoms with Gasteiger partial charge < -0.3 is 14.6 Å². The molecule has 3 heteroatoms. The molecule has 11 atom stereocenters. The zero-order valence-corrected chi connectivity index (χ0v) is 19.5. The van der Waals surface area contributed by atoms with E-state index in [1.165, 1.54) is 38.5 Å². The third kappa shape index (κ3) is 2.55. The lowest BCUT2D eigenvalue weighted by atomic mass is 9.47. The van der Waals surface area contributed by atoms with E-state index in [1.54, 1.807) is 5.57 Å². The zero-order valence-electron chi connectivity index (χ0n) is 19.5. The van der Waals surface area contributed by atoms with Gasteiger partial charge in [-0.2, -0.15) is 0 Å². The summed E-state index contributed by atoms with van der Waals surface area (Å²) in [5.41, 5.74) is 2.31.